The van der Waals surface area contributed by atoms with Gasteiger partial charge in [0, 0.05) is 0 Å². The lowest BCUT2D eigenvalue weighted by Crippen LogP contribution is -3.00. The van der Waals surface area contributed by atoms with Crippen molar-refractivity contribution in [2.75, 3.05) is 6.26 Å². The van der Waals surface area contributed by atoms with Crippen LogP contribution in [-0.4, -0.2) is 22.2 Å². The van der Waals surface area contributed by atoms with Gasteiger partial charge in [-0.05, 0) is 18.0 Å². The molecule has 4 nitrogen and oxygen atoms in total. The Hall–Kier alpha value is -0.500. The number of allylic oxidation sites excluding steroid dienone is 1. The highest BCUT2D eigenvalue weighted by atomic mass is 127. The van der Waals surface area contributed by atoms with E-state index >= 15 is 0 Å². The van der Waals surface area contributed by atoms with E-state index in [2.05, 4.69) is 16.3 Å². The molecule has 0 saturated heterocycles. The van der Waals surface area contributed by atoms with Gasteiger partial charge in [0.15, 0.2) is 5.69 Å². The number of rotatable bonds is 4. The summed E-state index contributed by atoms with van der Waals surface area (Å²) < 4.78 is 4.02. The summed E-state index contributed by atoms with van der Waals surface area (Å²) in [5, 5.41) is 12.6. The predicted molar refractivity (Wildman–Crippen MR) is 57.0 cm³/mol. The third-order valence-electron chi connectivity index (χ3n) is 1.91. The summed E-state index contributed by atoms with van der Waals surface area (Å²) in [7, 11) is 1.93. The van der Waals surface area contributed by atoms with Gasteiger partial charge in [0.2, 0.25) is 0 Å². The van der Waals surface area contributed by atoms with Crippen molar-refractivity contribution in [3.05, 3.63) is 24.5 Å². The van der Waals surface area contributed by atoms with E-state index in [4.69, 9.17) is 5.21 Å². The number of thioether (sulfide) groups is 1. The molecule has 0 aliphatic heterocycles. The molecule has 0 amide bonds. The lowest BCUT2D eigenvalue weighted by molar-refractivity contribution is -0.723. The lowest BCUT2D eigenvalue weighted by Gasteiger charge is -1.94. The quantitative estimate of drug-likeness (QED) is 0.132. The summed E-state index contributed by atoms with van der Waals surface area (Å²) in [5.74, 6) is 0. The molecule has 0 atom stereocenters. The number of hydrogen-bond acceptors (Lipinski definition) is 3. The minimum absolute atomic E-state index is 0. The Kier molecular flexibility index (Phi) is 6.66. The van der Waals surface area contributed by atoms with Gasteiger partial charge in [-0.1, -0.05) is 17.8 Å². The first-order valence-corrected chi connectivity index (χ1v) is 5.38. The minimum atomic E-state index is 0. The van der Waals surface area contributed by atoms with Gasteiger partial charge in [-0.25, -0.2) is 9.13 Å². The van der Waals surface area contributed by atoms with Crippen molar-refractivity contribution >= 4 is 18.0 Å². The van der Waals surface area contributed by atoms with Crippen LogP contribution in [0.25, 0.3) is 0 Å². The second-order valence-corrected chi connectivity index (χ2v) is 3.56. The van der Waals surface area contributed by atoms with Crippen LogP contribution in [0.15, 0.2) is 29.2 Å². The summed E-state index contributed by atoms with van der Waals surface area (Å²) in [6, 6.07) is 0. The molecule has 1 heterocycles. The summed E-state index contributed by atoms with van der Waals surface area (Å²) in [5.41, 5.74) is 0.860. The molecule has 0 aliphatic carbocycles. The Morgan fingerprint density at radius 3 is 2.87 bits per heavy atom. The normalized spacial score (nSPS) is 10.3. The van der Waals surface area contributed by atoms with E-state index in [-0.39, 0.29) is 24.0 Å². The van der Waals surface area contributed by atoms with Gasteiger partial charge in [-0.3, -0.25) is 0 Å². The highest BCUT2D eigenvalue weighted by Gasteiger charge is 2.17. The highest BCUT2D eigenvalue weighted by Crippen LogP contribution is 2.11. The number of imidazole rings is 1. The molecule has 84 valence electrons. The lowest BCUT2D eigenvalue weighted by atomic mass is 10.5. The van der Waals surface area contributed by atoms with Gasteiger partial charge in [0.05, 0.1) is 7.05 Å². The van der Waals surface area contributed by atoms with Crippen LogP contribution in [0.5, 0.6) is 0 Å². The van der Waals surface area contributed by atoms with Crippen LogP contribution in [-0.2, 0) is 13.6 Å². The molecule has 0 aromatic carbocycles. The van der Waals surface area contributed by atoms with Gasteiger partial charge in [0.1, 0.15) is 19.0 Å². The number of hydrogen-bond donors (Lipinski definition) is 1. The summed E-state index contributed by atoms with van der Waals surface area (Å²) in [4.78, 5) is 0. The van der Waals surface area contributed by atoms with Gasteiger partial charge < -0.3 is 29.2 Å². The van der Waals surface area contributed by atoms with Crippen LogP contribution in [0.2, 0.25) is 0 Å². The molecule has 1 aromatic heterocycles. The Labute approximate surface area is 111 Å². The van der Waals surface area contributed by atoms with Gasteiger partial charge in [0.25, 0.3) is 0 Å². The molecule has 1 aromatic rings. The molecule has 0 fully saturated rings. The highest BCUT2D eigenvalue weighted by molar-refractivity contribution is 7.98. The van der Waals surface area contributed by atoms with E-state index < -0.39 is 0 Å². The topological polar surface area (TPSA) is 41.4 Å². The van der Waals surface area contributed by atoms with Crippen molar-refractivity contribution < 1.29 is 33.8 Å². The molecule has 1 rings (SSSR count). The van der Waals surface area contributed by atoms with Crippen molar-refractivity contribution in [1.82, 2.24) is 4.57 Å². The molecular formula is C9H14IN3OS. The molecule has 1 N–H and O–H groups in total. The molecule has 0 unspecified atom stereocenters. The first-order chi connectivity index (χ1) is 6.74. The smallest absolute Gasteiger partial charge is 0.318 e. The van der Waals surface area contributed by atoms with Crippen LogP contribution in [0, 0.1) is 0 Å². The molecule has 0 spiro atoms. The fraction of sp³-hybridized carbons (Fsp3) is 0.333. The van der Waals surface area contributed by atoms with Crippen molar-refractivity contribution in [1.29, 1.82) is 0 Å². The molecule has 0 saturated carbocycles. The minimum Gasteiger partial charge on any atom is -1.00 e. The molecule has 0 aliphatic rings. The van der Waals surface area contributed by atoms with Crippen molar-refractivity contribution in [3.8, 4) is 0 Å². The average molecular weight is 339 g/mol. The standard InChI is InChI=1S/C9H13N3OS.HI/c1-4-5-12-7-8(6-10-13)11(2)9(12)14-3;/h4,6-7H,1,5H2,2-3H3;1H/b10-6-;. The van der Waals surface area contributed by atoms with Crippen LogP contribution >= 0.6 is 11.8 Å². The fourth-order valence-electron chi connectivity index (χ4n) is 1.31. The molecule has 6 heteroatoms. The van der Waals surface area contributed by atoms with E-state index in [9.17, 15) is 0 Å². The molecule has 0 bridgehead atoms. The zero-order valence-electron chi connectivity index (χ0n) is 8.72. The number of nitrogens with zero attached hydrogens (tertiary/aromatic N) is 3. The maximum absolute atomic E-state index is 8.47. The van der Waals surface area contributed by atoms with E-state index in [0.29, 0.717) is 0 Å². The zero-order valence-corrected chi connectivity index (χ0v) is 11.7. The van der Waals surface area contributed by atoms with Crippen molar-refractivity contribution in [2.45, 2.75) is 11.7 Å². The Morgan fingerprint density at radius 2 is 2.40 bits per heavy atom. The summed E-state index contributed by atoms with van der Waals surface area (Å²) in [6.45, 7) is 4.45. The Morgan fingerprint density at radius 1 is 1.73 bits per heavy atom. The maximum Gasteiger partial charge on any atom is 0.318 e. The van der Waals surface area contributed by atoms with Crippen LogP contribution in [0.4, 0.5) is 0 Å². The average Bonchev–Trinajstić information content (AvgIpc) is 2.45. The second-order valence-electron chi connectivity index (χ2n) is 2.79. The Bertz CT molecular complexity index is 362. The van der Waals surface area contributed by atoms with E-state index in [0.717, 1.165) is 17.4 Å². The molecule has 15 heavy (non-hydrogen) atoms. The second kappa shape index (κ2) is 6.89. The molecule has 0 radical (unpaired) electrons. The van der Waals surface area contributed by atoms with Gasteiger partial charge in [-0.15, -0.1) is 0 Å². The molecular weight excluding hydrogens is 325 g/mol. The number of aromatic nitrogens is 2. The first-order valence-electron chi connectivity index (χ1n) is 4.16. The number of oxime groups is 1. The Balaban J connectivity index is 0.00000196. The summed E-state index contributed by atoms with van der Waals surface area (Å²) >= 11 is 1.64. The third kappa shape index (κ3) is 3.23. The maximum atomic E-state index is 8.47. The van der Waals surface area contributed by atoms with Crippen molar-refractivity contribution in [2.24, 2.45) is 12.2 Å². The first kappa shape index (κ1) is 14.5. The predicted octanol–water partition coefficient (Wildman–Crippen LogP) is -1.97. The van der Waals surface area contributed by atoms with E-state index in [1.165, 1.54) is 6.21 Å². The van der Waals surface area contributed by atoms with E-state index in [1.807, 2.05) is 30.1 Å². The van der Waals surface area contributed by atoms with Gasteiger partial charge in [-0.2, -0.15) is 0 Å². The fourth-order valence-corrected chi connectivity index (χ4v) is 2.05. The van der Waals surface area contributed by atoms with Crippen molar-refractivity contribution in [3.63, 3.8) is 0 Å². The summed E-state index contributed by atoms with van der Waals surface area (Å²) in [6.07, 6.45) is 7.18. The monoisotopic (exact) mass is 339 g/mol. The van der Waals surface area contributed by atoms with Crippen LogP contribution in [0.3, 0.4) is 0 Å². The third-order valence-corrected chi connectivity index (χ3v) is 2.78. The van der Waals surface area contributed by atoms with Gasteiger partial charge >= 0.3 is 5.16 Å². The zero-order chi connectivity index (χ0) is 10.6. The SMILES string of the molecule is C=CC[n+]1cc(/C=N\O)n(C)c1SC.[I-]. The van der Waals surface area contributed by atoms with Crippen LogP contribution < -0.4 is 28.5 Å². The largest absolute Gasteiger partial charge is 1.00 e. The van der Waals surface area contributed by atoms with E-state index in [1.54, 1.807) is 11.8 Å². The number of halogens is 1. The van der Waals surface area contributed by atoms with Crippen LogP contribution in [0.1, 0.15) is 5.69 Å².